The Morgan fingerprint density at radius 1 is 0.296 bits per heavy atom. The van der Waals surface area contributed by atoms with Crippen molar-refractivity contribution in [3.8, 4) is 0 Å². The van der Waals surface area contributed by atoms with E-state index in [0.29, 0.717) is 0 Å². The molecule has 0 spiro atoms. The molecule has 0 nitrogen and oxygen atoms in total. The van der Waals surface area contributed by atoms with Crippen LogP contribution in [-0.2, 0) is 0 Å². The van der Waals surface area contributed by atoms with Gasteiger partial charge in [-0.1, -0.05) is 0 Å². The quantitative estimate of drug-likeness (QED) is 0.462. The minimum absolute atomic E-state index is 0. The van der Waals surface area contributed by atoms with Gasteiger partial charge in [0.2, 0.25) is 0 Å². The van der Waals surface area contributed by atoms with Crippen LogP contribution in [0.3, 0.4) is 0 Å². The van der Waals surface area contributed by atoms with Crippen molar-refractivity contribution in [3.63, 3.8) is 0 Å². The van der Waals surface area contributed by atoms with Crippen molar-refractivity contribution in [1.29, 1.82) is 0 Å². The summed E-state index contributed by atoms with van der Waals surface area (Å²) in [5.41, 5.74) is 0. The Balaban J connectivity index is 0.00000131. The van der Waals surface area contributed by atoms with Gasteiger partial charge in [0.25, 0.3) is 0 Å². The van der Waals surface area contributed by atoms with Crippen LogP contribution in [0.2, 0.25) is 0 Å². The number of rotatable bonds is 4. The normalized spacial score (nSPS) is 11.0. The first kappa shape index (κ1) is 20.5. The fourth-order valence-electron chi connectivity index (χ4n) is 3.75. The summed E-state index contributed by atoms with van der Waals surface area (Å²) in [4.78, 5) is 0. The molecule has 0 aliphatic heterocycles. The second-order valence-electron chi connectivity index (χ2n) is 6.21. The van der Waals surface area contributed by atoms with E-state index in [1.807, 2.05) is 0 Å². The second kappa shape index (κ2) is 9.21. The number of halogens is 2. The molecule has 3 heteroatoms. The van der Waals surface area contributed by atoms with Gasteiger partial charge in [0, 0.05) is 0 Å². The first-order valence-corrected chi connectivity index (χ1v) is 10.6. The Hall–Kier alpha value is -2.83. The molecule has 0 radical (unpaired) electrons. The van der Waals surface area contributed by atoms with Crippen LogP contribution in [0.5, 0.6) is 0 Å². The van der Waals surface area contributed by atoms with Gasteiger partial charge in [-0.2, -0.15) is 0 Å². The third kappa shape index (κ3) is 3.67. The number of benzene rings is 4. The van der Waals surface area contributed by atoms with Crippen LogP contribution in [0.15, 0.2) is 121 Å². The van der Waals surface area contributed by atoms with E-state index in [2.05, 4.69) is 121 Å². The van der Waals surface area contributed by atoms with Crippen molar-refractivity contribution in [2.24, 2.45) is 0 Å². The van der Waals surface area contributed by atoms with E-state index in [1.165, 1.54) is 21.2 Å². The Morgan fingerprint density at radius 2 is 0.481 bits per heavy atom. The number of hydrogen-bond donors (Lipinski definition) is 0. The van der Waals surface area contributed by atoms with E-state index in [0.717, 1.165) is 0 Å². The second-order valence-corrected chi connectivity index (χ2v) is 10.0. The Kier molecular flexibility index (Phi) is 6.98. The monoisotopic (exact) mass is 380 g/mol. The molecule has 4 aromatic rings. The van der Waals surface area contributed by atoms with Crippen molar-refractivity contribution in [3.05, 3.63) is 121 Å². The molecular weight excluding hydrogens is 357 g/mol. The summed E-state index contributed by atoms with van der Waals surface area (Å²) in [6, 6.07) is 44.0. The molecule has 138 valence electrons. The van der Waals surface area contributed by atoms with Crippen molar-refractivity contribution < 1.29 is 9.41 Å². The van der Waals surface area contributed by atoms with E-state index < -0.39 is 7.26 Å². The van der Waals surface area contributed by atoms with Gasteiger partial charge in [0.1, 0.15) is 0 Å². The van der Waals surface area contributed by atoms with E-state index in [9.17, 15) is 0 Å². The van der Waals surface area contributed by atoms with Gasteiger partial charge in [-0.3, -0.25) is 9.41 Å². The van der Waals surface area contributed by atoms with Crippen molar-refractivity contribution in [2.45, 2.75) is 0 Å². The molecule has 0 aliphatic rings. The number of hydrogen-bond acceptors (Lipinski definition) is 0. The van der Waals surface area contributed by atoms with Crippen LogP contribution >= 0.6 is 7.26 Å². The third-order valence-electron chi connectivity index (χ3n) is 4.83. The zero-order chi connectivity index (χ0) is 17.0. The van der Waals surface area contributed by atoms with Gasteiger partial charge in [-0.25, -0.2) is 0 Å². The molecule has 4 rings (SSSR count). The van der Waals surface area contributed by atoms with Gasteiger partial charge < -0.3 is 0 Å². The SMILES string of the molecule is F.F.c1ccc([PH](c2ccccc2)(c2ccccc2)c2ccccc2)cc1. The average Bonchev–Trinajstić information content (AvgIpc) is 2.72. The summed E-state index contributed by atoms with van der Waals surface area (Å²) < 4.78 is 0. The molecule has 4 aromatic carbocycles. The van der Waals surface area contributed by atoms with Gasteiger partial charge in [-0.15, -0.1) is 0 Å². The molecule has 0 aliphatic carbocycles. The van der Waals surface area contributed by atoms with E-state index in [1.54, 1.807) is 0 Å². The standard InChI is InChI=1S/C24H21P.2FH/c1-5-13-21(14-6-1)25(22-15-7-2-8-16-22,23-17-9-3-10-18-23)24-19-11-4-12-20-24;;/h1-20,25H;2*1H. The van der Waals surface area contributed by atoms with Crippen LogP contribution in [0, 0.1) is 0 Å². The zero-order valence-corrected chi connectivity index (χ0v) is 15.9. The summed E-state index contributed by atoms with van der Waals surface area (Å²) in [6.45, 7) is 0. The molecule has 0 bridgehead atoms. The fraction of sp³-hybridized carbons (Fsp3) is 0. The van der Waals surface area contributed by atoms with Crippen LogP contribution in [0.4, 0.5) is 9.41 Å². The van der Waals surface area contributed by atoms with Crippen LogP contribution in [0.25, 0.3) is 0 Å². The predicted octanol–water partition coefficient (Wildman–Crippen LogP) is 4.34. The van der Waals surface area contributed by atoms with Crippen molar-refractivity contribution in [2.75, 3.05) is 0 Å². The van der Waals surface area contributed by atoms with Gasteiger partial charge in [0.15, 0.2) is 0 Å². The van der Waals surface area contributed by atoms with E-state index in [-0.39, 0.29) is 9.41 Å². The summed E-state index contributed by atoms with van der Waals surface area (Å²) in [5.74, 6) is 0. The Labute approximate surface area is 159 Å². The summed E-state index contributed by atoms with van der Waals surface area (Å²) in [6.07, 6.45) is 0. The maximum absolute atomic E-state index is 2.30. The summed E-state index contributed by atoms with van der Waals surface area (Å²) in [7, 11) is -2.30. The molecule has 0 unspecified atom stereocenters. The maximum atomic E-state index is 2.29. The first-order chi connectivity index (χ1) is 12.4. The van der Waals surface area contributed by atoms with Crippen LogP contribution in [0.1, 0.15) is 0 Å². The predicted molar refractivity (Wildman–Crippen MR) is 118 cm³/mol. The molecule has 27 heavy (non-hydrogen) atoms. The molecule has 0 N–H and O–H groups in total. The van der Waals surface area contributed by atoms with E-state index >= 15 is 0 Å². The molecule has 0 heterocycles. The van der Waals surface area contributed by atoms with Crippen LogP contribution in [-0.4, -0.2) is 0 Å². The first-order valence-electron chi connectivity index (χ1n) is 8.64. The summed E-state index contributed by atoms with van der Waals surface area (Å²) >= 11 is 0. The Bertz CT molecular complexity index is 763. The third-order valence-corrected chi connectivity index (χ3v) is 9.62. The van der Waals surface area contributed by atoms with Crippen molar-refractivity contribution >= 4 is 28.5 Å². The summed E-state index contributed by atoms with van der Waals surface area (Å²) in [5, 5.41) is 5.66. The topological polar surface area (TPSA) is 0 Å². The average molecular weight is 380 g/mol. The Morgan fingerprint density at radius 3 is 0.667 bits per heavy atom. The molecule has 0 aromatic heterocycles. The molecule has 0 amide bonds. The molecule has 0 saturated heterocycles. The molecular formula is C24H23F2P. The minimum atomic E-state index is -2.30. The van der Waals surface area contributed by atoms with Gasteiger partial charge >= 0.3 is 150 Å². The van der Waals surface area contributed by atoms with Gasteiger partial charge in [0.05, 0.1) is 0 Å². The van der Waals surface area contributed by atoms with E-state index in [4.69, 9.17) is 0 Å². The molecule has 0 atom stereocenters. The molecule has 0 fully saturated rings. The molecule has 0 saturated carbocycles. The van der Waals surface area contributed by atoms with Crippen molar-refractivity contribution in [1.82, 2.24) is 0 Å². The van der Waals surface area contributed by atoms with Crippen LogP contribution < -0.4 is 21.2 Å². The zero-order valence-electron chi connectivity index (χ0n) is 14.9. The fourth-order valence-corrected chi connectivity index (χ4v) is 8.52. The van der Waals surface area contributed by atoms with Gasteiger partial charge in [-0.05, 0) is 0 Å².